The minimum atomic E-state index is -0.912. The fraction of sp³-hybridized carbons (Fsp3) is 0.500. The maximum Gasteiger partial charge on any atom is 0.295 e. The number of hydrogen-bond acceptors (Lipinski definition) is 5. The molecule has 0 atom stereocenters. The van der Waals surface area contributed by atoms with Gasteiger partial charge in [-0.05, 0) is 18.9 Å². The number of rotatable bonds is 7. The van der Waals surface area contributed by atoms with Crippen molar-refractivity contribution in [1.82, 2.24) is 5.32 Å². The summed E-state index contributed by atoms with van der Waals surface area (Å²) in [5.74, 6) is -1.62. The van der Waals surface area contributed by atoms with Crippen LogP contribution in [0.15, 0.2) is 12.1 Å². The molecular weight excluding hydrogens is 293 g/mol. The van der Waals surface area contributed by atoms with Gasteiger partial charge in [0, 0.05) is 12.0 Å². The molecule has 0 saturated heterocycles. The lowest BCUT2D eigenvalue weighted by molar-refractivity contribution is -0.384. The number of aliphatic hydroxyl groups excluding tert-OH is 1. The number of nitrogens with zero attached hydrogens (tertiary/aromatic N) is 1. The Bertz CT molecular complexity index is 565. The molecule has 1 aromatic carbocycles. The van der Waals surface area contributed by atoms with Crippen LogP contribution < -0.4 is 11.1 Å². The number of carbonyl (C=O) groups excluding carboxylic acids is 1. The normalized spacial score (nSPS) is 11.3. The number of aliphatic hydroxyl groups is 1. The van der Waals surface area contributed by atoms with E-state index in [1.807, 2.05) is 13.8 Å². The van der Waals surface area contributed by atoms with E-state index in [2.05, 4.69) is 5.32 Å². The third-order valence-corrected chi connectivity index (χ3v) is 4.02. The SMILES string of the molecule is CCC(CC)(CO)CNC(=O)c1cc(F)cc([N+](=O)[O-])c1N. The van der Waals surface area contributed by atoms with E-state index >= 15 is 0 Å². The van der Waals surface area contributed by atoms with Gasteiger partial charge in [-0.15, -0.1) is 0 Å². The van der Waals surface area contributed by atoms with E-state index in [4.69, 9.17) is 5.73 Å². The maximum atomic E-state index is 13.4. The summed E-state index contributed by atoms with van der Waals surface area (Å²) in [5.41, 5.74) is 3.77. The summed E-state index contributed by atoms with van der Waals surface area (Å²) in [6.45, 7) is 3.82. The Hall–Kier alpha value is -2.22. The predicted octanol–water partition coefficient (Wildman–Crippen LogP) is 1.84. The van der Waals surface area contributed by atoms with Crippen molar-refractivity contribution in [3.05, 3.63) is 33.6 Å². The standard InChI is InChI=1S/C14H20FN3O4/c1-3-14(4-2,8-19)7-17-13(20)10-5-9(15)6-11(12(10)16)18(21)22/h5-6,19H,3-4,7-8,16H2,1-2H3,(H,17,20). The number of benzene rings is 1. The minimum Gasteiger partial charge on any atom is -0.396 e. The smallest absolute Gasteiger partial charge is 0.295 e. The maximum absolute atomic E-state index is 13.4. The van der Waals surface area contributed by atoms with E-state index in [1.165, 1.54) is 0 Å². The second-order valence-electron chi connectivity index (χ2n) is 5.19. The van der Waals surface area contributed by atoms with Gasteiger partial charge in [-0.25, -0.2) is 4.39 Å². The van der Waals surface area contributed by atoms with E-state index in [0.29, 0.717) is 18.9 Å². The van der Waals surface area contributed by atoms with Gasteiger partial charge in [0.25, 0.3) is 11.6 Å². The number of amides is 1. The molecule has 4 N–H and O–H groups in total. The van der Waals surface area contributed by atoms with Crippen LogP contribution >= 0.6 is 0 Å². The second-order valence-corrected chi connectivity index (χ2v) is 5.19. The van der Waals surface area contributed by atoms with Crippen molar-refractivity contribution in [2.24, 2.45) is 5.41 Å². The number of nitrogens with two attached hydrogens (primary N) is 1. The molecule has 0 radical (unpaired) electrons. The fourth-order valence-electron chi connectivity index (χ4n) is 2.09. The zero-order valence-electron chi connectivity index (χ0n) is 12.6. The summed E-state index contributed by atoms with van der Waals surface area (Å²) in [6, 6.07) is 1.53. The van der Waals surface area contributed by atoms with Gasteiger partial charge >= 0.3 is 0 Å². The number of nitrogens with one attached hydrogen (secondary N) is 1. The average Bonchev–Trinajstić information content (AvgIpc) is 2.50. The fourth-order valence-corrected chi connectivity index (χ4v) is 2.09. The molecule has 0 aliphatic heterocycles. The summed E-state index contributed by atoms with van der Waals surface area (Å²) < 4.78 is 13.4. The predicted molar refractivity (Wildman–Crippen MR) is 79.9 cm³/mol. The number of carbonyl (C=O) groups is 1. The molecule has 0 spiro atoms. The van der Waals surface area contributed by atoms with Crippen LogP contribution in [0.1, 0.15) is 37.0 Å². The number of nitro benzene ring substituents is 1. The quantitative estimate of drug-likeness (QED) is 0.403. The molecule has 22 heavy (non-hydrogen) atoms. The lowest BCUT2D eigenvalue weighted by Crippen LogP contribution is -2.39. The molecule has 1 aromatic rings. The number of nitro groups is 1. The van der Waals surface area contributed by atoms with Crippen molar-refractivity contribution in [2.75, 3.05) is 18.9 Å². The summed E-state index contributed by atoms with van der Waals surface area (Å²) in [5, 5.41) is 22.8. The van der Waals surface area contributed by atoms with Gasteiger partial charge in [0.15, 0.2) is 0 Å². The van der Waals surface area contributed by atoms with Crippen LogP contribution in [0, 0.1) is 21.3 Å². The van der Waals surface area contributed by atoms with E-state index in [-0.39, 0.29) is 24.4 Å². The Kier molecular flexibility index (Phi) is 5.81. The summed E-state index contributed by atoms with van der Waals surface area (Å²) in [7, 11) is 0. The van der Waals surface area contributed by atoms with Gasteiger partial charge in [-0.3, -0.25) is 14.9 Å². The highest BCUT2D eigenvalue weighted by molar-refractivity contribution is 6.01. The molecule has 7 nitrogen and oxygen atoms in total. The first-order valence-electron chi connectivity index (χ1n) is 6.92. The Balaban J connectivity index is 3.02. The number of nitrogen functional groups attached to an aromatic ring is 1. The molecule has 0 aliphatic rings. The first kappa shape index (κ1) is 17.8. The monoisotopic (exact) mass is 313 g/mol. The lowest BCUT2D eigenvalue weighted by Gasteiger charge is -2.29. The first-order valence-corrected chi connectivity index (χ1v) is 6.92. The van der Waals surface area contributed by atoms with Crippen LogP contribution in [0.5, 0.6) is 0 Å². The number of hydrogen-bond donors (Lipinski definition) is 3. The zero-order chi connectivity index (χ0) is 16.9. The second kappa shape index (κ2) is 7.17. The molecule has 0 aromatic heterocycles. The van der Waals surface area contributed by atoms with E-state index < -0.39 is 27.8 Å². The van der Waals surface area contributed by atoms with Crippen molar-refractivity contribution in [1.29, 1.82) is 0 Å². The Morgan fingerprint density at radius 2 is 2.05 bits per heavy atom. The van der Waals surface area contributed by atoms with Gasteiger partial charge in [-0.1, -0.05) is 13.8 Å². The third kappa shape index (κ3) is 3.70. The molecular formula is C14H20FN3O4. The molecule has 0 saturated carbocycles. The van der Waals surface area contributed by atoms with Crippen LogP contribution in [0.4, 0.5) is 15.8 Å². The first-order chi connectivity index (χ1) is 10.3. The van der Waals surface area contributed by atoms with Crippen molar-refractivity contribution < 1.29 is 19.2 Å². The lowest BCUT2D eigenvalue weighted by atomic mass is 9.83. The molecule has 0 unspecified atom stereocenters. The Morgan fingerprint density at radius 1 is 1.45 bits per heavy atom. The number of halogens is 1. The summed E-state index contributed by atoms with van der Waals surface area (Å²) in [6.07, 6.45) is 1.28. The highest BCUT2D eigenvalue weighted by Crippen LogP contribution is 2.28. The van der Waals surface area contributed by atoms with Crippen molar-refractivity contribution >= 4 is 17.3 Å². The van der Waals surface area contributed by atoms with Crippen LogP contribution in [-0.4, -0.2) is 29.1 Å². The molecule has 1 amide bonds. The topological polar surface area (TPSA) is 118 Å². The Labute approximate surface area is 127 Å². The minimum absolute atomic E-state index is 0.112. The van der Waals surface area contributed by atoms with Crippen LogP contribution in [0.2, 0.25) is 0 Å². The highest BCUT2D eigenvalue weighted by atomic mass is 19.1. The molecule has 0 fully saturated rings. The molecule has 1 rings (SSSR count). The van der Waals surface area contributed by atoms with E-state index in [9.17, 15) is 24.4 Å². The van der Waals surface area contributed by atoms with Gasteiger partial charge < -0.3 is 16.2 Å². The van der Waals surface area contributed by atoms with Gasteiger partial charge in [-0.2, -0.15) is 0 Å². The molecule has 8 heteroatoms. The van der Waals surface area contributed by atoms with Crippen LogP contribution in [0.3, 0.4) is 0 Å². The highest BCUT2D eigenvalue weighted by Gasteiger charge is 2.27. The van der Waals surface area contributed by atoms with Crippen molar-refractivity contribution in [3.63, 3.8) is 0 Å². The number of anilines is 1. The van der Waals surface area contributed by atoms with Crippen LogP contribution in [-0.2, 0) is 0 Å². The summed E-state index contributed by atoms with van der Waals surface area (Å²) >= 11 is 0. The van der Waals surface area contributed by atoms with Gasteiger partial charge in [0.05, 0.1) is 23.2 Å². The third-order valence-electron chi connectivity index (χ3n) is 4.02. The average molecular weight is 313 g/mol. The van der Waals surface area contributed by atoms with Crippen molar-refractivity contribution in [3.8, 4) is 0 Å². The Morgan fingerprint density at radius 3 is 2.50 bits per heavy atom. The largest absolute Gasteiger partial charge is 0.396 e. The van der Waals surface area contributed by atoms with Gasteiger partial charge in [0.2, 0.25) is 0 Å². The van der Waals surface area contributed by atoms with Gasteiger partial charge in [0.1, 0.15) is 11.5 Å². The zero-order valence-corrected chi connectivity index (χ0v) is 12.6. The summed E-state index contributed by atoms with van der Waals surface area (Å²) in [4.78, 5) is 22.1. The van der Waals surface area contributed by atoms with Crippen LogP contribution in [0.25, 0.3) is 0 Å². The molecule has 0 bridgehead atoms. The molecule has 0 aliphatic carbocycles. The molecule has 0 heterocycles. The molecule has 122 valence electrons. The van der Waals surface area contributed by atoms with E-state index in [1.54, 1.807) is 0 Å². The van der Waals surface area contributed by atoms with E-state index in [0.717, 1.165) is 6.07 Å². The van der Waals surface area contributed by atoms with Crippen molar-refractivity contribution in [2.45, 2.75) is 26.7 Å².